The van der Waals surface area contributed by atoms with Gasteiger partial charge in [-0.05, 0) is 62.6 Å². The second kappa shape index (κ2) is 8.14. The van der Waals surface area contributed by atoms with Crippen molar-refractivity contribution < 1.29 is 14.3 Å². The molecule has 0 aliphatic carbocycles. The molecule has 0 fully saturated rings. The van der Waals surface area contributed by atoms with E-state index in [4.69, 9.17) is 9.47 Å². The topological polar surface area (TPSA) is 48.4 Å². The molecule has 2 aromatic rings. The number of nitrogens with zero attached hydrogens (tertiary/aromatic N) is 1. The molecule has 1 heterocycles. The van der Waals surface area contributed by atoms with Crippen molar-refractivity contribution in [3.05, 3.63) is 71.1 Å². The first-order valence-corrected chi connectivity index (χ1v) is 9.24. The molecule has 138 valence electrons. The van der Waals surface area contributed by atoms with E-state index in [-0.39, 0.29) is 5.01 Å². The summed E-state index contributed by atoms with van der Waals surface area (Å²) in [4.78, 5) is 15.9. The van der Waals surface area contributed by atoms with Crippen LogP contribution >= 0.6 is 15.9 Å². The molecule has 0 saturated heterocycles. The highest BCUT2D eigenvalue weighted by Gasteiger charge is 2.24. The van der Waals surface area contributed by atoms with Crippen molar-refractivity contribution in [3.8, 4) is 0 Å². The van der Waals surface area contributed by atoms with Gasteiger partial charge in [0.2, 0.25) is 0 Å². The Labute approximate surface area is 163 Å². The smallest absolute Gasteiger partial charge is 0.339 e. The minimum atomic E-state index is -0.451. The molecule has 1 unspecified atom stereocenters. The maximum Gasteiger partial charge on any atom is 0.339 e. The van der Waals surface area contributed by atoms with Crippen molar-refractivity contribution in [2.24, 2.45) is 0 Å². The molecule has 0 aliphatic rings. The number of halogens is 1. The van der Waals surface area contributed by atoms with E-state index in [1.807, 2.05) is 27.7 Å². The summed E-state index contributed by atoms with van der Waals surface area (Å²) in [5, 5.41) is -0.0574. The Bertz CT molecular complexity index is 811. The number of ether oxygens (including phenoxy) is 2. The number of pyridine rings is 1. The number of hydrogen-bond acceptors (Lipinski definition) is 4. The zero-order valence-corrected chi connectivity index (χ0v) is 17.4. The summed E-state index contributed by atoms with van der Waals surface area (Å²) < 4.78 is 10.7. The van der Waals surface area contributed by atoms with Crippen molar-refractivity contribution >= 4 is 27.5 Å². The fourth-order valence-electron chi connectivity index (χ4n) is 2.74. The van der Waals surface area contributed by atoms with Crippen molar-refractivity contribution in [2.45, 2.75) is 38.3 Å². The van der Waals surface area contributed by atoms with Crippen molar-refractivity contribution in [2.75, 3.05) is 7.11 Å². The summed E-state index contributed by atoms with van der Waals surface area (Å²) >= 11 is 3.44. The van der Waals surface area contributed by atoms with Crippen molar-refractivity contribution in [1.29, 1.82) is 0 Å². The Kier molecular flexibility index (Phi) is 6.37. The zero-order valence-electron chi connectivity index (χ0n) is 15.8. The fourth-order valence-corrected chi connectivity index (χ4v) is 3.21. The normalized spacial score (nSPS) is 12.5. The van der Waals surface area contributed by atoms with Gasteiger partial charge in [0.05, 0.1) is 24.0 Å². The van der Waals surface area contributed by atoms with Crippen LogP contribution in [0.2, 0.25) is 0 Å². The molecule has 2 rings (SSSR count). The lowest BCUT2D eigenvalue weighted by atomic mass is 9.90. The number of hydrogen-bond donors (Lipinski definition) is 0. The number of carbonyl (C=O) groups is 1. The third-order valence-corrected chi connectivity index (χ3v) is 4.40. The minimum Gasteiger partial charge on any atom is -0.465 e. The van der Waals surface area contributed by atoms with E-state index in [1.165, 1.54) is 13.3 Å². The predicted molar refractivity (Wildman–Crippen MR) is 107 cm³/mol. The lowest BCUT2D eigenvalue weighted by molar-refractivity contribution is -0.0274. The first kappa shape index (κ1) is 20.3. The van der Waals surface area contributed by atoms with E-state index >= 15 is 0 Å². The van der Waals surface area contributed by atoms with E-state index < -0.39 is 11.6 Å². The van der Waals surface area contributed by atoms with Crippen LogP contribution in [0.1, 0.15) is 53.5 Å². The number of carbonyl (C=O) groups excluding carboxylic acids is 1. The van der Waals surface area contributed by atoms with Gasteiger partial charge in [-0.3, -0.25) is 4.98 Å². The van der Waals surface area contributed by atoms with Gasteiger partial charge >= 0.3 is 5.97 Å². The molecular formula is C21H24BrNO3. The summed E-state index contributed by atoms with van der Waals surface area (Å²) in [6, 6.07) is 9.68. The Morgan fingerprint density at radius 3 is 2.50 bits per heavy atom. The summed E-state index contributed by atoms with van der Waals surface area (Å²) in [6.07, 6.45) is 1.51. The SMILES string of the molecule is C=C(c1ccc(C(=O)OC)cn1)c1cc(C(C)(C)OC(C)Br)ccc1C. The zero-order chi connectivity index (χ0) is 19.5. The Balaban J connectivity index is 2.37. The molecule has 1 aromatic carbocycles. The molecule has 1 aromatic heterocycles. The third-order valence-electron chi connectivity index (χ3n) is 4.21. The van der Waals surface area contributed by atoms with Gasteiger partial charge in [-0.25, -0.2) is 4.79 Å². The number of alkyl halides is 1. The molecule has 0 bridgehead atoms. The number of methoxy groups -OCH3 is 1. The Morgan fingerprint density at radius 2 is 1.96 bits per heavy atom. The standard InChI is InChI=1S/C21H24BrNO3/c1-13-7-9-17(21(4,5)26-15(3)22)11-18(13)14(2)19-10-8-16(12-23-19)20(24)25-6/h7-12,15H,2H2,1,3-6H3. The van der Waals surface area contributed by atoms with Crippen molar-refractivity contribution in [1.82, 2.24) is 4.98 Å². The first-order valence-electron chi connectivity index (χ1n) is 8.32. The maximum absolute atomic E-state index is 11.6. The van der Waals surface area contributed by atoms with Crippen LogP contribution in [0.25, 0.3) is 5.57 Å². The highest BCUT2D eigenvalue weighted by atomic mass is 79.9. The van der Waals surface area contributed by atoms with Crippen LogP contribution in [-0.4, -0.2) is 23.1 Å². The van der Waals surface area contributed by atoms with Crippen LogP contribution in [0, 0.1) is 6.92 Å². The van der Waals surface area contributed by atoms with Gasteiger partial charge in [0, 0.05) is 11.8 Å². The van der Waals surface area contributed by atoms with Crippen LogP contribution in [0.15, 0.2) is 43.1 Å². The van der Waals surface area contributed by atoms with E-state index in [9.17, 15) is 4.79 Å². The number of rotatable bonds is 6. The molecule has 5 heteroatoms. The van der Waals surface area contributed by atoms with E-state index in [2.05, 4.69) is 45.7 Å². The van der Waals surface area contributed by atoms with Gasteiger partial charge in [-0.1, -0.05) is 34.6 Å². The number of aryl methyl sites for hydroxylation is 1. The molecule has 0 N–H and O–H groups in total. The Hall–Kier alpha value is -1.98. The number of esters is 1. The van der Waals surface area contributed by atoms with E-state index in [1.54, 1.807) is 12.1 Å². The lowest BCUT2D eigenvalue weighted by Crippen LogP contribution is -2.24. The second-order valence-corrected chi connectivity index (χ2v) is 7.89. The molecule has 0 spiro atoms. The molecule has 26 heavy (non-hydrogen) atoms. The third kappa shape index (κ3) is 4.59. The summed E-state index contributed by atoms with van der Waals surface area (Å²) in [7, 11) is 1.35. The average molecular weight is 418 g/mol. The lowest BCUT2D eigenvalue weighted by Gasteiger charge is -2.28. The summed E-state index contributed by atoms with van der Waals surface area (Å²) in [5.74, 6) is -0.407. The minimum absolute atomic E-state index is 0.0574. The Morgan fingerprint density at radius 1 is 1.27 bits per heavy atom. The van der Waals surface area contributed by atoms with E-state index in [0.717, 1.165) is 22.3 Å². The summed E-state index contributed by atoms with van der Waals surface area (Å²) in [6.45, 7) is 12.3. The highest BCUT2D eigenvalue weighted by Crippen LogP contribution is 2.32. The molecule has 0 amide bonds. The van der Waals surface area contributed by atoms with Gasteiger partial charge in [0.1, 0.15) is 5.01 Å². The molecule has 0 radical (unpaired) electrons. The average Bonchev–Trinajstić information content (AvgIpc) is 2.59. The fraction of sp³-hybridized carbons (Fsp3) is 0.333. The van der Waals surface area contributed by atoms with Gasteiger partial charge in [0.15, 0.2) is 0 Å². The van der Waals surface area contributed by atoms with Crippen molar-refractivity contribution in [3.63, 3.8) is 0 Å². The van der Waals surface area contributed by atoms with Crippen LogP contribution in [0.4, 0.5) is 0 Å². The van der Waals surface area contributed by atoms with Gasteiger partial charge in [-0.2, -0.15) is 0 Å². The van der Waals surface area contributed by atoms with Crippen LogP contribution in [0.5, 0.6) is 0 Å². The van der Waals surface area contributed by atoms with Gasteiger partial charge in [0.25, 0.3) is 0 Å². The van der Waals surface area contributed by atoms with E-state index in [0.29, 0.717) is 11.3 Å². The van der Waals surface area contributed by atoms with Crippen LogP contribution in [0.3, 0.4) is 0 Å². The quantitative estimate of drug-likeness (QED) is 0.476. The molecule has 4 nitrogen and oxygen atoms in total. The number of aromatic nitrogens is 1. The van der Waals surface area contributed by atoms with Gasteiger partial charge in [-0.15, -0.1) is 0 Å². The maximum atomic E-state index is 11.6. The largest absolute Gasteiger partial charge is 0.465 e. The summed E-state index contributed by atoms with van der Waals surface area (Å²) in [5.41, 5.74) is 4.62. The number of benzene rings is 1. The monoisotopic (exact) mass is 417 g/mol. The van der Waals surface area contributed by atoms with Crippen LogP contribution < -0.4 is 0 Å². The molecule has 0 aliphatic heterocycles. The first-order chi connectivity index (χ1) is 12.2. The molecular weight excluding hydrogens is 394 g/mol. The predicted octanol–water partition coefficient (Wildman–Crippen LogP) is 5.23. The highest BCUT2D eigenvalue weighted by molar-refractivity contribution is 9.09. The second-order valence-electron chi connectivity index (χ2n) is 6.60. The van der Waals surface area contributed by atoms with Gasteiger partial charge < -0.3 is 9.47 Å². The molecule has 0 saturated carbocycles. The van der Waals surface area contributed by atoms with Crippen LogP contribution in [-0.2, 0) is 15.1 Å². The molecule has 1 atom stereocenters.